The van der Waals surface area contributed by atoms with Crippen LogP contribution in [0.4, 0.5) is 22.9 Å². The molecule has 0 atom stereocenters. The van der Waals surface area contributed by atoms with Crippen molar-refractivity contribution in [3.05, 3.63) is 75.3 Å². The van der Waals surface area contributed by atoms with Crippen molar-refractivity contribution in [2.75, 3.05) is 42.5 Å². The van der Waals surface area contributed by atoms with Crippen LogP contribution < -0.4 is 21.9 Å². The molecule has 3 heterocycles. The molecule has 0 radical (unpaired) electrons. The van der Waals surface area contributed by atoms with Gasteiger partial charge in [0.15, 0.2) is 11.6 Å². The van der Waals surface area contributed by atoms with Gasteiger partial charge in [-0.2, -0.15) is 5.10 Å². The molecule has 0 spiro atoms. The van der Waals surface area contributed by atoms with Gasteiger partial charge in [0.25, 0.3) is 5.56 Å². The lowest BCUT2D eigenvalue weighted by Gasteiger charge is -2.36. The number of furan rings is 1. The summed E-state index contributed by atoms with van der Waals surface area (Å²) in [6, 6.07) is 14.9. The molecule has 1 aliphatic heterocycles. The molecule has 2 aromatic heterocycles. The van der Waals surface area contributed by atoms with Gasteiger partial charge in [-0.1, -0.05) is 11.6 Å². The number of anilines is 3. The summed E-state index contributed by atoms with van der Waals surface area (Å²) in [6.45, 7) is 8.25. The summed E-state index contributed by atoms with van der Waals surface area (Å²) in [5.41, 5.74) is 17.1. The molecule has 4 aromatic rings. The van der Waals surface area contributed by atoms with E-state index in [2.05, 4.69) is 38.2 Å². The normalized spacial score (nSPS) is 17.0. The van der Waals surface area contributed by atoms with E-state index < -0.39 is 5.56 Å². The van der Waals surface area contributed by atoms with Crippen LogP contribution >= 0.6 is 0 Å². The van der Waals surface area contributed by atoms with Crippen LogP contribution in [0, 0.1) is 13.8 Å². The average Bonchev–Trinajstić information content (AvgIpc) is 3.71. The number of aryl methyl sites for hydroxylation is 2. The molecule has 0 bridgehead atoms. The number of benzene rings is 2. The molecule has 0 unspecified atom stereocenters. The Kier molecular flexibility index (Phi) is 5.72. The number of aliphatic imine (C=N–C) groups is 1. The second-order valence-electron chi connectivity index (χ2n) is 10.0. The Morgan fingerprint density at radius 2 is 1.78 bits per heavy atom. The Labute approximate surface area is 214 Å². The highest BCUT2D eigenvalue weighted by Gasteiger charge is 2.31. The molecule has 9 heteroatoms. The Hall–Kier alpha value is -4.11. The summed E-state index contributed by atoms with van der Waals surface area (Å²) in [4.78, 5) is 22.3. The van der Waals surface area contributed by atoms with Crippen LogP contribution in [0.1, 0.15) is 35.3 Å². The van der Waals surface area contributed by atoms with Crippen LogP contribution in [0.15, 0.2) is 56.7 Å². The predicted octanol–water partition coefficient (Wildman–Crippen LogP) is 3.75. The van der Waals surface area contributed by atoms with Crippen LogP contribution in [0.5, 0.6) is 0 Å². The highest BCUT2D eigenvalue weighted by atomic mass is 16.3. The Bertz CT molecular complexity index is 1560. The number of H-pyrrole nitrogens is 1. The summed E-state index contributed by atoms with van der Waals surface area (Å²) in [7, 11) is 0. The fourth-order valence-corrected chi connectivity index (χ4v) is 5.16. The first-order chi connectivity index (χ1) is 17.9. The highest BCUT2D eigenvalue weighted by Crippen LogP contribution is 2.33. The Balaban J connectivity index is 1.40. The number of aromatic amines is 1. The lowest BCUT2D eigenvalue weighted by molar-refractivity contribution is 0.248. The highest BCUT2D eigenvalue weighted by molar-refractivity contribution is 6.19. The van der Waals surface area contributed by atoms with Gasteiger partial charge in [-0.25, -0.2) is 10.1 Å². The van der Waals surface area contributed by atoms with E-state index in [0.29, 0.717) is 17.2 Å². The third-order valence-electron chi connectivity index (χ3n) is 7.42. The van der Waals surface area contributed by atoms with E-state index in [1.165, 1.54) is 18.5 Å². The lowest BCUT2D eigenvalue weighted by atomic mass is 10.0. The second-order valence-corrected chi connectivity index (χ2v) is 10.0. The molecule has 1 saturated carbocycles. The van der Waals surface area contributed by atoms with Crippen molar-refractivity contribution in [3.8, 4) is 0 Å². The van der Waals surface area contributed by atoms with Gasteiger partial charge >= 0.3 is 0 Å². The minimum atomic E-state index is -0.526. The molecule has 2 fully saturated rings. The van der Waals surface area contributed by atoms with Gasteiger partial charge < -0.3 is 20.8 Å². The van der Waals surface area contributed by atoms with Crippen molar-refractivity contribution < 1.29 is 4.42 Å². The maximum Gasteiger partial charge on any atom is 0.288 e. The predicted molar refractivity (Wildman–Crippen MR) is 148 cm³/mol. The molecule has 6 rings (SSSR count). The van der Waals surface area contributed by atoms with Crippen LogP contribution in [-0.4, -0.2) is 53.0 Å². The molecule has 2 aromatic carbocycles. The molecular formula is C28H31N7O2. The second kappa shape index (κ2) is 9.08. The number of hydrogen-bond acceptors (Lipinski definition) is 8. The first-order valence-electron chi connectivity index (χ1n) is 12.7. The van der Waals surface area contributed by atoms with E-state index in [0.717, 1.165) is 54.3 Å². The first kappa shape index (κ1) is 23.3. The molecule has 2 aliphatic rings. The SMILES string of the molecule is Cc1ccc2oc(C(=Nc3ccc(N4CCN(C5CC5)CC4)cc3)c3c(N)n[nH]c(=O)c3N)c(C)c2c1. The van der Waals surface area contributed by atoms with Gasteiger partial charge in [-0.3, -0.25) is 9.69 Å². The summed E-state index contributed by atoms with van der Waals surface area (Å²) < 4.78 is 6.25. The third-order valence-corrected chi connectivity index (χ3v) is 7.42. The number of nitrogens with zero attached hydrogens (tertiary/aromatic N) is 4. The molecule has 1 saturated heterocycles. The van der Waals surface area contributed by atoms with Gasteiger partial charge in [0.05, 0.1) is 11.3 Å². The number of rotatable bonds is 5. The van der Waals surface area contributed by atoms with Gasteiger partial charge in [-0.05, 0) is 63.1 Å². The van der Waals surface area contributed by atoms with Gasteiger partial charge in [-0.15, -0.1) is 0 Å². The third kappa shape index (κ3) is 4.35. The van der Waals surface area contributed by atoms with E-state index >= 15 is 0 Å². The number of aromatic nitrogens is 2. The molecule has 9 nitrogen and oxygen atoms in total. The number of piperazine rings is 1. The number of nitrogens with one attached hydrogen (secondary N) is 1. The zero-order valence-electron chi connectivity index (χ0n) is 21.1. The fraction of sp³-hybridized carbons (Fsp3) is 0.321. The van der Waals surface area contributed by atoms with Crippen molar-refractivity contribution >= 4 is 39.6 Å². The zero-order chi connectivity index (χ0) is 25.7. The Morgan fingerprint density at radius 1 is 1.05 bits per heavy atom. The van der Waals surface area contributed by atoms with Crippen molar-refractivity contribution in [2.24, 2.45) is 4.99 Å². The van der Waals surface area contributed by atoms with Crippen LogP contribution in [0.2, 0.25) is 0 Å². The summed E-state index contributed by atoms with van der Waals surface area (Å²) in [5, 5.41) is 7.26. The van der Waals surface area contributed by atoms with E-state index in [1.54, 1.807) is 0 Å². The fourth-order valence-electron chi connectivity index (χ4n) is 5.16. The molecular weight excluding hydrogens is 466 g/mol. The minimum absolute atomic E-state index is 0.0487. The van der Waals surface area contributed by atoms with Gasteiger partial charge in [0, 0.05) is 48.9 Å². The van der Waals surface area contributed by atoms with E-state index in [-0.39, 0.29) is 17.1 Å². The van der Waals surface area contributed by atoms with Gasteiger partial charge in [0.2, 0.25) is 0 Å². The average molecular weight is 498 g/mol. The summed E-state index contributed by atoms with van der Waals surface area (Å²) in [6.07, 6.45) is 2.69. The molecule has 0 amide bonds. The van der Waals surface area contributed by atoms with E-state index in [4.69, 9.17) is 20.9 Å². The monoisotopic (exact) mass is 497 g/mol. The maximum absolute atomic E-state index is 12.4. The molecule has 1 aliphatic carbocycles. The smallest absolute Gasteiger partial charge is 0.288 e. The van der Waals surface area contributed by atoms with Crippen LogP contribution in [0.3, 0.4) is 0 Å². The zero-order valence-corrected chi connectivity index (χ0v) is 21.1. The molecule has 37 heavy (non-hydrogen) atoms. The summed E-state index contributed by atoms with van der Waals surface area (Å²) in [5.74, 6) is 0.587. The first-order valence-corrected chi connectivity index (χ1v) is 12.7. The number of fused-ring (bicyclic) bond motifs is 1. The maximum atomic E-state index is 12.4. The summed E-state index contributed by atoms with van der Waals surface area (Å²) >= 11 is 0. The van der Waals surface area contributed by atoms with Crippen LogP contribution in [0.25, 0.3) is 11.0 Å². The molecule has 190 valence electrons. The molecule has 5 N–H and O–H groups in total. The van der Waals surface area contributed by atoms with E-state index in [9.17, 15) is 4.79 Å². The quantitative estimate of drug-likeness (QED) is 0.358. The lowest BCUT2D eigenvalue weighted by Crippen LogP contribution is -2.47. The number of nitrogens with two attached hydrogens (primary N) is 2. The number of hydrogen-bond donors (Lipinski definition) is 3. The topological polar surface area (TPSA) is 130 Å². The Morgan fingerprint density at radius 3 is 2.49 bits per heavy atom. The minimum Gasteiger partial charge on any atom is -0.454 e. The largest absolute Gasteiger partial charge is 0.454 e. The van der Waals surface area contributed by atoms with Crippen molar-refractivity contribution in [3.63, 3.8) is 0 Å². The van der Waals surface area contributed by atoms with Crippen molar-refractivity contribution in [2.45, 2.75) is 32.7 Å². The van der Waals surface area contributed by atoms with Crippen LogP contribution in [-0.2, 0) is 0 Å². The van der Waals surface area contributed by atoms with Crippen molar-refractivity contribution in [1.29, 1.82) is 0 Å². The number of nitrogen functional groups attached to an aromatic ring is 2. The van der Waals surface area contributed by atoms with Gasteiger partial charge in [0.1, 0.15) is 17.0 Å². The van der Waals surface area contributed by atoms with E-state index in [1.807, 2.05) is 38.1 Å². The standard InChI is InChI=1S/C28H31N7O2/c1-16-3-10-22-21(15-16)17(2)26(37-22)25(23-24(29)28(36)33-32-27(23)30)31-18-4-6-19(7-5-18)34-11-13-35(14-12-34)20-8-9-20/h3-7,10,15,20H,8-9,11-14H2,1-2H3,(H,33,36)(H4,29,30,32). The van der Waals surface area contributed by atoms with Crippen molar-refractivity contribution in [1.82, 2.24) is 15.1 Å².